The van der Waals surface area contributed by atoms with E-state index in [0.29, 0.717) is 10.7 Å². The number of halogens is 1. The maximum atomic E-state index is 13.5. The van der Waals surface area contributed by atoms with Crippen LogP contribution in [0, 0.1) is 20.8 Å². The molecule has 3 aromatic carbocycles. The summed E-state index contributed by atoms with van der Waals surface area (Å²) in [6.07, 6.45) is 3.62. The highest BCUT2D eigenvalue weighted by Crippen LogP contribution is 2.26. The Morgan fingerprint density at radius 1 is 0.972 bits per heavy atom. The molecule has 36 heavy (non-hydrogen) atoms. The van der Waals surface area contributed by atoms with E-state index in [1.54, 1.807) is 18.3 Å². The van der Waals surface area contributed by atoms with Crippen molar-refractivity contribution in [2.24, 2.45) is 0 Å². The van der Waals surface area contributed by atoms with Crippen LogP contribution in [-0.2, 0) is 21.4 Å². The second kappa shape index (κ2) is 10.6. The van der Waals surface area contributed by atoms with Gasteiger partial charge in [0.2, 0.25) is 5.91 Å². The van der Waals surface area contributed by atoms with Crippen LogP contribution in [0.15, 0.2) is 84.0 Å². The van der Waals surface area contributed by atoms with Crippen molar-refractivity contribution < 1.29 is 13.2 Å². The maximum absolute atomic E-state index is 13.5. The van der Waals surface area contributed by atoms with Crippen molar-refractivity contribution in [3.05, 3.63) is 107 Å². The van der Waals surface area contributed by atoms with Crippen LogP contribution in [0.4, 0.5) is 5.69 Å². The Morgan fingerprint density at radius 2 is 1.67 bits per heavy atom. The van der Waals surface area contributed by atoms with Crippen LogP contribution >= 0.6 is 11.6 Å². The number of sulfonamides is 1. The smallest absolute Gasteiger partial charge is 0.264 e. The summed E-state index contributed by atoms with van der Waals surface area (Å²) < 4.78 is 30.1. The van der Waals surface area contributed by atoms with Crippen LogP contribution in [0.3, 0.4) is 0 Å². The van der Waals surface area contributed by atoms with Gasteiger partial charge >= 0.3 is 0 Å². The second-order valence-electron chi connectivity index (χ2n) is 8.52. The number of anilines is 1. The molecule has 186 valence electrons. The maximum Gasteiger partial charge on any atom is 0.264 e. The zero-order chi connectivity index (χ0) is 25.9. The molecule has 1 heterocycles. The largest absolute Gasteiger partial charge is 0.350 e. The van der Waals surface area contributed by atoms with Crippen molar-refractivity contribution in [2.45, 2.75) is 32.2 Å². The first-order valence-corrected chi connectivity index (χ1v) is 13.2. The van der Waals surface area contributed by atoms with Gasteiger partial charge in [-0.2, -0.15) is 0 Å². The first-order valence-electron chi connectivity index (χ1n) is 11.4. The van der Waals surface area contributed by atoms with Crippen molar-refractivity contribution in [1.29, 1.82) is 0 Å². The lowest BCUT2D eigenvalue weighted by Gasteiger charge is -2.25. The van der Waals surface area contributed by atoms with E-state index in [-0.39, 0.29) is 18.0 Å². The minimum Gasteiger partial charge on any atom is -0.350 e. The van der Waals surface area contributed by atoms with Gasteiger partial charge in [-0.25, -0.2) is 13.4 Å². The number of amides is 1. The average molecular weight is 523 g/mol. The molecule has 0 saturated heterocycles. The van der Waals surface area contributed by atoms with Crippen LogP contribution in [0.1, 0.15) is 22.5 Å². The number of rotatable bonds is 8. The van der Waals surface area contributed by atoms with E-state index in [1.807, 2.05) is 61.9 Å². The molecule has 0 unspecified atom stereocenters. The quantitative estimate of drug-likeness (QED) is 0.354. The summed E-state index contributed by atoms with van der Waals surface area (Å²) in [6.45, 7) is 5.68. The van der Waals surface area contributed by atoms with Gasteiger partial charge in [0, 0.05) is 29.6 Å². The molecular weight excluding hydrogens is 496 g/mol. The number of nitrogens with zero attached hydrogens (tertiary/aromatic N) is 3. The van der Waals surface area contributed by atoms with E-state index in [2.05, 4.69) is 10.3 Å². The molecule has 9 heteroatoms. The topological polar surface area (TPSA) is 84.3 Å². The van der Waals surface area contributed by atoms with Crippen LogP contribution in [0.2, 0.25) is 5.02 Å². The number of carbonyl (C=O) groups is 1. The van der Waals surface area contributed by atoms with E-state index < -0.39 is 15.9 Å². The molecule has 0 atom stereocenters. The molecule has 0 fully saturated rings. The van der Waals surface area contributed by atoms with Crippen molar-refractivity contribution in [1.82, 2.24) is 14.9 Å². The number of benzene rings is 3. The van der Waals surface area contributed by atoms with Crippen LogP contribution in [0.25, 0.3) is 5.69 Å². The van der Waals surface area contributed by atoms with Crippen molar-refractivity contribution in [3.8, 4) is 5.69 Å². The van der Waals surface area contributed by atoms with Crippen molar-refractivity contribution >= 4 is 33.2 Å². The van der Waals surface area contributed by atoms with Crippen LogP contribution in [-0.4, -0.2) is 30.4 Å². The summed E-state index contributed by atoms with van der Waals surface area (Å²) in [6, 6.07) is 19.0. The van der Waals surface area contributed by atoms with E-state index in [0.717, 1.165) is 32.5 Å². The fourth-order valence-electron chi connectivity index (χ4n) is 3.74. The Bertz CT molecular complexity index is 1480. The highest BCUT2D eigenvalue weighted by molar-refractivity contribution is 7.92. The zero-order valence-electron chi connectivity index (χ0n) is 20.3. The molecule has 0 saturated carbocycles. The van der Waals surface area contributed by atoms with Crippen molar-refractivity contribution in [3.63, 3.8) is 0 Å². The van der Waals surface area contributed by atoms with Crippen molar-refractivity contribution in [2.75, 3.05) is 10.8 Å². The molecular formula is C27H27ClN4O3S. The number of nitrogens with one attached hydrogen (secondary N) is 1. The Labute approximate surface area is 216 Å². The van der Waals surface area contributed by atoms with Gasteiger partial charge in [0.05, 0.1) is 10.6 Å². The highest BCUT2D eigenvalue weighted by atomic mass is 35.5. The third-order valence-corrected chi connectivity index (χ3v) is 8.04. The third kappa shape index (κ3) is 5.61. The molecule has 0 aliphatic heterocycles. The Hall–Kier alpha value is -3.62. The molecule has 1 amide bonds. The summed E-state index contributed by atoms with van der Waals surface area (Å²) >= 11 is 5.95. The molecule has 0 radical (unpaired) electrons. The summed E-state index contributed by atoms with van der Waals surface area (Å²) in [5, 5.41) is 3.27. The fourth-order valence-corrected chi connectivity index (χ4v) is 5.28. The molecule has 0 spiro atoms. The number of hydrogen-bond acceptors (Lipinski definition) is 4. The Kier molecular flexibility index (Phi) is 7.47. The predicted octanol–water partition coefficient (Wildman–Crippen LogP) is 4.96. The minimum absolute atomic E-state index is 0.0586. The van der Waals surface area contributed by atoms with Gasteiger partial charge in [-0.05, 0) is 86.0 Å². The molecule has 4 aromatic rings. The van der Waals surface area contributed by atoms with Gasteiger partial charge in [0.15, 0.2) is 0 Å². The fraction of sp³-hybridized carbons (Fsp3) is 0.185. The first kappa shape index (κ1) is 25.5. The van der Waals surface area contributed by atoms with E-state index in [4.69, 9.17) is 11.6 Å². The number of aryl methyl sites for hydroxylation is 3. The number of hydrogen-bond donors (Lipinski definition) is 1. The van der Waals surface area contributed by atoms with Crippen LogP contribution in [0.5, 0.6) is 0 Å². The molecule has 0 aliphatic carbocycles. The highest BCUT2D eigenvalue weighted by Gasteiger charge is 2.27. The third-order valence-electron chi connectivity index (χ3n) is 6.00. The van der Waals surface area contributed by atoms with E-state index >= 15 is 0 Å². The summed E-state index contributed by atoms with van der Waals surface area (Å²) in [5.41, 5.74) is 4.24. The van der Waals surface area contributed by atoms with Gasteiger partial charge in [-0.3, -0.25) is 9.10 Å². The average Bonchev–Trinajstić information content (AvgIpc) is 3.29. The molecule has 4 rings (SSSR count). The lowest BCUT2D eigenvalue weighted by Crippen LogP contribution is -2.40. The molecule has 0 aliphatic rings. The lowest BCUT2D eigenvalue weighted by molar-refractivity contribution is -0.119. The molecule has 7 nitrogen and oxygen atoms in total. The molecule has 0 bridgehead atoms. The molecule has 1 N–H and O–H groups in total. The lowest BCUT2D eigenvalue weighted by atomic mass is 10.1. The standard InChI is InChI=1S/C27H27ClN4O3S/c1-19-4-9-25(16-20(19)2)32(36(34,35)26-12-7-23(28)8-13-26)18-27(33)30-17-22-5-10-24(11-6-22)31-15-14-29-21(31)3/h4-16H,17-18H2,1-3H3,(H,30,33). The number of aromatic nitrogens is 2. The SMILES string of the molecule is Cc1ccc(N(CC(=O)NCc2ccc(-n3ccnc3C)cc2)S(=O)(=O)c2ccc(Cl)cc2)cc1C. The monoisotopic (exact) mass is 522 g/mol. The first-order chi connectivity index (χ1) is 17.1. The van der Waals surface area contributed by atoms with E-state index in [9.17, 15) is 13.2 Å². The zero-order valence-corrected chi connectivity index (χ0v) is 21.8. The second-order valence-corrected chi connectivity index (χ2v) is 10.8. The summed E-state index contributed by atoms with van der Waals surface area (Å²) in [4.78, 5) is 17.2. The van der Waals surface area contributed by atoms with Crippen LogP contribution < -0.4 is 9.62 Å². The Balaban J connectivity index is 1.52. The van der Waals surface area contributed by atoms with E-state index in [1.165, 1.54) is 24.3 Å². The summed E-state index contributed by atoms with van der Waals surface area (Å²) in [7, 11) is -4.01. The normalized spacial score (nSPS) is 11.3. The summed E-state index contributed by atoms with van der Waals surface area (Å²) in [5.74, 6) is 0.463. The van der Waals surface area contributed by atoms with Gasteiger partial charge in [0.25, 0.3) is 10.0 Å². The Morgan fingerprint density at radius 3 is 2.28 bits per heavy atom. The number of carbonyl (C=O) groups excluding carboxylic acids is 1. The predicted molar refractivity (Wildman–Crippen MR) is 142 cm³/mol. The van der Waals surface area contributed by atoms with Gasteiger partial charge in [-0.15, -0.1) is 0 Å². The van der Waals surface area contributed by atoms with Gasteiger partial charge < -0.3 is 9.88 Å². The number of imidazole rings is 1. The minimum atomic E-state index is -4.01. The van der Waals surface area contributed by atoms with Gasteiger partial charge in [0.1, 0.15) is 12.4 Å². The van der Waals surface area contributed by atoms with Gasteiger partial charge in [-0.1, -0.05) is 29.8 Å². The molecule has 1 aromatic heterocycles.